The summed E-state index contributed by atoms with van der Waals surface area (Å²) in [5, 5.41) is 9.21. The summed E-state index contributed by atoms with van der Waals surface area (Å²) >= 11 is 3.36. The van der Waals surface area contributed by atoms with Gasteiger partial charge in [-0.25, -0.2) is 0 Å². The molecule has 1 aliphatic heterocycles. The molecular formula is C15H20BrNO4. The fourth-order valence-electron chi connectivity index (χ4n) is 2.35. The lowest BCUT2D eigenvalue weighted by Gasteiger charge is -2.37. The summed E-state index contributed by atoms with van der Waals surface area (Å²) in [6.45, 7) is 4.45. The van der Waals surface area contributed by atoms with E-state index in [-0.39, 0.29) is 24.7 Å². The van der Waals surface area contributed by atoms with Gasteiger partial charge < -0.3 is 19.5 Å². The first-order chi connectivity index (χ1) is 9.99. The number of ether oxygens (including phenoxy) is 2. The van der Waals surface area contributed by atoms with Crippen LogP contribution in [-0.4, -0.2) is 53.9 Å². The Hall–Kier alpha value is -1.11. The highest BCUT2D eigenvalue weighted by Gasteiger charge is 2.31. The van der Waals surface area contributed by atoms with Gasteiger partial charge in [-0.2, -0.15) is 0 Å². The van der Waals surface area contributed by atoms with Crippen molar-refractivity contribution in [3.63, 3.8) is 0 Å². The number of halogens is 1. The van der Waals surface area contributed by atoms with Crippen LogP contribution in [0.2, 0.25) is 0 Å². The lowest BCUT2D eigenvalue weighted by molar-refractivity contribution is -0.153. The van der Waals surface area contributed by atoms with Gasteiger partial charge in [0, 0.05) is 17.6 Å². The van der Waals surface area contributed by atoms with E-state index in [1.807, 2.05) is 31.2 Å². The number of nitrogens with zero attached hydrogens (tertiary/aromatic N) is 1. The van der Waals surface area contributed by atoms with Crippen molar-refractivity contribution in [1.82, 2.24) is 4.90 Å². The number of rotatable bonds is 4. The summed E-state index contributed by atoms with van der Waals surface area (Å²) in [6.07, 6.45) is -0.979. The molecule has 5 nitrogen and oxygen atoms in total. The van der Waals surface area contributed by atoms with Gasteiger partial charge in [0.15, 0.2) is 6.10 Å². The summed E-state index contributed by atoms with van der Waals surface area (Å²) in [5.74, 6) is 0.561. The fourth-order valence-corrected chi connectivity index (χ4v) is 2.62. The maximum absolute atomic E-state index is 12.4. The van der Waals surface area contributed by atoms with Crippen LogP contribution in [0.5, 0.6) is 5.75 Å². The highest BCUT2D eigenvalue weighted by atomic mass is 79.9. The Kier molecular flexibility index (Phi) is 5.61. The third-order valence-corrected chi connectivity index (χ3v) is 3.84. The average Bonchev–Trinajstić information content (AvgIpc) is 2.48. The van der Waals surface area contributed by atoms with E-state index < -0.39 is 6.10 Å². The minimum absolute atomic E-state index is 0.0836. The molecule has 3 atom stereocenters. The van der Waals surface area contributed by atoms with Gasteiger partial charge in [0.2, 0.25) is 0 Å². The molecule has 0 aliphatic carbocycles. The van der Waals surface area contributed by atoms with Crippen molar-refractivity contribution in [2.75, 3.05) is 19.7 Å². The number of benzene rings is 1. The highest BCUT2D eigenvalue weighted by Crippen LogP contribution is 2.19. The van der Waals surface area contributed by atoms with E-state index in [0.717, 1.165) is 4.47 Å². The lowest BCUT2D eigenvalue weighted by Crippen LogP contribution is -2.53. The van der Waals surface area contributed by atoms with E-state index >= 15 is 0 Å². The molecule has 0 spiro atoms. The van der Waals surface area contributed by atoms with E-state index in [1.54, 1.807) is 11.8 Å². The first kappa shape index (κ1) is 16.3. The Morgan fingerprint density at radius 2 is 2.14 bits per heavy atom. The zero-order valence-electron chi connectivity index (χ0n) is 12.2. The Morgan fingerprint density at radius 1 is 1.48 bits per heavy atom. The summed E-state index contributed by atoms with van der Waals surface area (Å²) in [5.41, 5.74) is 0. The zero-order valence-corrected chi connectivity index (χ0v) is 13.7. The molecule has 1 aromatic rings. The number of carbonyl (C=O) groups is 1. The molecule has 0 aromatic heterocycles. The van der Waals surface area contributed by atoms with Gasteiger partial charge in [-0.05, 0) is 38.1 Å². The van der Waals surface area contributed by atoms with Gasteiger partial charge >= 0.3 is 0 Å². The molecule has 21 heavy (non-hydrogen) atoms. The zero-order chi connectivity index (χ0) is 15.4. The Bertz CT molecular complexity index is 479. The normalized spacial score (nSPS) is 23.7. The van der Waals surface area contributed by atoms with Gasteiger partial charge in [0.1, 0.15) is 5.75 Å². The van der Waals surface area contributed by atoms with E-state index in [1.165, 1.54) is 0 Å². The van der Waals surface area contributed by atoms with E-state index in [9.17, 15) is 9.90 Å². The highest BCUT2D eigenvalue weighted by molar-refractivity contribution is 9.10. The molecule has 116 valence electrons. The van der Waals surface area contributed by atoms with Crippen LogP contribution >= 0.6 is 15.9 Å². The molecule has 3 unspecified atom stereocenters. The number of carbonyl (C=O) groups excluding carboxylic acids is 1. The van der Waals surface area contributed by atoms with Crippen LogP contribution < -0.4 is 4.74 Å². The fraction of sp³-hybridized carbons (Fsp3) is 0.533. The third-order valence-electron chi connectivity index (χ3n) is 3.32. The van der Waals surface area contributed by atoms with Crippen molar-refractivity contribution in [3.05, 3.63) is 28.7 Å². The number of aliphatic hydroxyl groups is 1. The van der Waals surface area contributed by atoms with Crippen LogP contribution in [0.4, 0.5) is 0 Å². The van der Waals surface area contributed by atoms with Gasteiger partial charge in [-0.15, -0.1) is 0 Å². The first-order valence-corrected chi connectivity index (χ1v) is 7.76. The van der Waals surface area contributed by atoms with E-state index in [0.29, 0.717) is 18.8 Å². The standard InChI is InChI=1S/C15H20BrNO4/c1-10-7-17(8-14(9-18)20-10)15(19)11(2)21-13-5-3-12(16)4-6-13/h3-6,10-11,14,18H,7-9H2,1-2H3. The molecule has 0 saturated carbocycles. The predicted octanol–water partition coefficient (Wildman–Crippen LogP) is 1.82. The maximum Gasteiger partial charge on any atom is 0.263 e. The lowest BCUT2D eigenvalue weighted by atomic mass is 10.2. The topological polar surface area (TPSA) is 59.0 Å². The maximum atomic E-state index is 12.4. The molecule has 1 aliphatic rings. The minimum atomic E-state index is -0.573. The second-order valence-corrected chi connectivity index (χ2v) is 6.12. The number of hydrogen-bond donors (Lipinski definition) is 1. The van der Waals surface area contributed by atoms with Gasteiger partial charge in [-0.1, -0.05) is 15.9 Å². The van der Waals surface area contributed by atoms with Gasteiger partial charge in [0.05, 0.1) is 18.8 Å². The SMILES string of the molecule is CC1CN(C(=O)C(C)Oc2ccc(Br)cc2)CC(CO)O1. The molecule has 1 saturated heterocycles. The molecule has 0 bridgehead atoms. The molecule has 2 rings (SSSR count). The van der Waals surface area contributed by atoms with Crippen molar-refractivity contribution >= 4 is 21.8 Å². The summed E-state index contributed by atoms with van der Waals surface area (Å²) < 4.78 is 12.2. The Balaban J connectivity index is 1.96. The van der Waals surface area contributed by atoms with Crippen LogP contribution in [0.3, 0.4) is 0 Å². The molecule has 1 amide bonds. The Labute approximate surface area is 133 Å². The number of morpholine rings is 1. The third kappa shape index (κ3) is 4.43. The van der Waals surface area contributed by atoms with Crippen LogP contribution in [-0.2, 0) is 9.53 Å². The average molecular weight is 358 g/mol. The number of amides is 1. The largest absolute Gasteiger partial charge is 0.481 e. The molecule has 1 aromatic carbocycles. The van der Waals surface area contributed by atoms with E-state index in [4.69, 9.17) is 9.47 Å². The quantitative estimate of drug-likeness (QED) is 0.892. The van der Waals surface area contributed by atoms with Gasteiger partial charge in [-0.3, -0.25) is 4.79 Å². The van der Waals surface area contributed by atoms with Crippen LogP contribution in [0.15, 0.2) is 28.7 Å². The van der Waals surface area contributed by atoms with Crippen LogP contribution in [0, 0.1) is 0 Å². The second-order valence-electron chi connectivity index (χ2n) is 5.21. The van der Waals surface area contributed by atoms with Crippen LogP contribution in [0.25, 0.3) is 0 Å². The first-order valence-electron chi connectivity index (χ1n) is 6.97. The summed E-state index contributed by atoms with van der Waals surface area (Å²) in [6, 6.07) is 7.36. The smallest absolute Gasteiger partial charge is 0.263 e. The van der Waals surface area contributed by atoms with Crippen molar-refractivity contribution in [3.8, 4) is 5.75 Å². The molecule has 1 N–H and O–H groups in total. The van der Waals surface area contributed by atoms with Gasteiger partial charge in [0.25, 0.3) is 5.91 Å². The van der Waals surface area contributed by atoms with Crippen molar-refractivity contribution in [1.29, 1.82) is 0 Å². The number of hydrogen-bond acceptors (Lipinski definition) is 4. The molecule has 1 fully saturated rings. The second kappa shape index (κ2) is 7.24. The van der Waals surface area contributed by atoms with Crippen molar-refractivity contribution < 1.29 is 19.4 Å². The van der Waals surface area contributed by atoms with E-state index in [2.05, 4.69) is 15.9 Å². The van der Waals surface area contributed by atoms with Crippen LogP contribution in [0.1, 0.15) is 13.8 Å². The minimum Gasteiger partial charge on any atom is -0.481 e. The molecular weight excluding hydrogens is 338 g/mol. The summed E-state index contributed by atoms with van der Waals surface area (Å²) in [4.78, 5) is 14.1. The summed E-state index contributed by atoms with van der Waals surface area (Å²) in [7, 11) is 0. The monoisotopic (exact) mass is 357 g/mol. The number of aliphatic hydroxyl groups excluding tert-OH is 1. The molecule has 1 heterocycles. The molecule has 6 heteroatoms. The Morgan fingerprint density at radius 3 is 2.76 bits per heavy atom. The van der Waals surface area contributed by atoms with Crippen molar-refractivity contribution in [2.45, 2.75) is 32.2 Å². The predicted molar refractivity (Wildman–Crippen MR) is 82.2 cm³/mol. The molecule has 0 radical (unpaired) electrons. The van der Waals surface area contributed by atoms with Crippen molar-refractivity contribution in [2.24, 2.45) is 0 Å².